The Morgan fingerprint density at radius 1 is 1.37 bits per heavy atom. The van der Waals surface area contributed by atoms with Crippen LogP contribution in [0.25, 0.3) is 0 Å². The van der Waals surface area contributed by atoms with Gasteiger partial charge in [0.05, 0.1) is 0 Å². The van der Waals surface area contributed by atoms with Gasteiger partial charge in [0.25, 0.3) is 0 Å². The largest absolute Gasteiger partial charge is 0.396 e. The first-order valence-corrected chi connectivity index (χ1v) is 8.11. The Bertz CT molecular complexity index is 371. The van der Waals surface area contributed by atoms with E-state index in [1.54, 1.807) is 0 Å². The lowest BCUT2D eigenvalue weighted by atomic mass is 9.98. The van der Waals surface area contributed by atoms with Crippen LogP contribution in [0.2, 0.25) is 0 Å². The molecule has 0 spiro atoms. The van der Waals surface area contributed by atoms with Gasteiger partial charge in [-0.1, -0.05) is 0 Å². The van der Waals surface area contributed by atoms with Crippen LogP contribution in [0, 0.1) is 5.92 Å². The van der Waals surface area contributed by atoms with Crippen LogP contribution < -0.4 is 4.90 Å². The van der Waals surface area contributed by atoms with Crippen LogP contribution >= 0.6 is 11.3 Å². The standard InChI is InChI=1S/C14H25N3OS/c1-3-17(4-2)14-15-9-13(19-14)10-16-7-5-12(11-18)6-8-16/h9,12,18H,3-8,10-11H2,1-2H3. The van der Waals surface area contributed by atoms with E-state index in [1.165, 1.54) is 4.88 Å². The number of piperidine rings is 1. The Morgan fingerprint density at radius 2 is 2.05 bits per heavy atom. The van der Waals surface area contributed by atoms with Gasteiger partial charge in [0.2, 0.25) is 0 Å². The molecule has 1 aliphatic rings. The number of thiazole rings is 1. The minimum Gasteiger partial charge on any atom is -0.396 e. The van der Waals surface area contributed by atoms with Crippen LogP contribution in [-0.4, -0.2) is 47.8 Å². The lowest BCUT2D eigenvalue weighted by Gasteiger charge is -2.30. The Hall–Kier alpha value is -0.650. The average molecular weight is 283 g/mol. The first-order valence-electron chi connectivity index (χ1n) is 7.29. The van der Waals surface area contributed by atoms with E-state index in [2.05, 4.69) is 28.6 Å². The normalized spacial score (nSPS) is 17.8. The van der Waals surface area contributed by atoms with Gasteiger partial charge in [-0.3, -0.25) is 4.90 Å². The van der Waals surface area contributed by atoms with Crippen LogP contribution in [-0.2, 0) is 6.54 Å². The van der Waals surface area contributed by atoms with E-state index in [4.69, 9.17) is 5.11 Å². The minimum atomic E-state index is 0.348. The number of aliphatic hydroxyl groups excluding tert-OH is 1. The second-order valence-electron chi connectivity index (χ2n) is 5.18. The molecule has 1 saturated heterocycles. The topological polar surface area (TPSA) is 39.6 Å². The number of hydrogen-bond acceptors (Lipinski definition) is 5. The molecule has 19 heavy (non-hydrogen) atoms. The van der Waals surface area contributed by atoms with E-state index >= 15 is 0 Å². The molecule has 2 rings (SSSR count). The number of hydrogen-bond donors (Lipinski definition) is 1. The van der Waals surface area contributed by atoms with Crippen molar-refractivity contribution in [3.05, 3.63) is 11.1 Å². The first-order chi connectivity index (χ1) is 9.26. The van der Waals surface area contributed by atoms with E-state index in [0.717, 1.165) is 50.7 Å². The van der Waals surface area contributed by atoms with Gasteiger partial charge in [-0.2, -0.15) is 0 Å². The molecular weight excluding hydrogens is 258 g/mol. The molecule has 1 aromatic rings. The van der Waals surface area contributed by atoms with E-state index in [-0.39, 0.29) is 0 Å². The fraction of sp³-hybridized carbons (Fsp3) is 0.786. The summed E-state index contributed by atoms with van der Waals surface area (Å²) in [5.74, 6) is 0.518. The van der Waals surface area contributed by atoms with Crippen molar-refractivity contribution in [3.8, 4) is 0 Å². The monoisotopic (exact) mass is 283 g/mol. The highest BCUT2D eigenvalue weighted by molar-refractivity contribution is 7.15. The number of rotatable bonds is 6. The highest BCUT2D eigenvalue weighted by Gasteiger charge is 2.19. The minimum absolute atomic E-state index is 0.348. The summed E-state index contributed by atoms with van der Waals surface area (Å²) in [5, 5.41) is 10.3. The molecule has 1 aromatic heterocycles. The molecule has 0 aromatic carbocycles. The summed E-state index contributed by atoms with van der Waals surface area (Å²) < 4.78 is 0. The summed E-state index contributed by atoms with van der Waals surface area (Å²) in [6.45, 7) is 9.94. The Morgan fingerprint density at radius 3 is 2.63 bits per heavy atom. The van der Waals surface area contributed by atoms with Gasteiger partial charge in [-0.25, -0.2) is 4.98 Å². The van der Waals surface area contributed by atoms with Crippen LogP contribution in [0.1, 0.15) is 31.6 Å². The fourth-order valence-corrected chi connectivity index (χ4v) is 3.64. The van der Waals surface area contributed by atoms with Crippen LogP contribution in [0.15, 0.2) is 6.20 Å². The zero-order valence-electron chi connectivity index (χ0n) is 12.0. The van der Waals surface area contributed by atoms with Crippen molar-refractivity contribution in [3.63, 3.8) is 0 Å². The zero-order chi connectivity index (χ0) is 13.7. The van der Waals surface area contributed by atoms with Crippen LogP contribution in [0.3, 0.4) is 0 Å². The van der Waals surface area contributed by atoms with E-state index < -0.39 is 0 Å². The third kappa shape index (κ3) is 3.91. The summed E-state index contributed by atoms with van der Waals surface area (Å²) in [5.41, 5.74) is 0. The van der Waals surface area contributed by atoms with Gasteiger partial charge in [0.1, 0.15) is 0 Å². The van der Waals surface area contributed by atoms with Gasteiger partial charge in [0, 0.05) is 37.3 Å². The van der Waals surface area contributed by atoms with E-state index in [1.807, 2.05) is 17.5 Å². The Balaban J connectivity index is 1.86. The predicted octanol–water partition coefficient (Wildman–Crippen LogP) is 2.19. The highest BCUT2D eigenvalue weighted by atomic mass is 32.1. The molecule has 2 heterocycles. The predicted molar refractivity (Wildman–Crippen MR) is 80.8 cm³/mol. The lowest BCUT2D eigenvalue weighted by Crippen LogP contribution is -2.34. The van der Waals surface area contributed by atoms with Crippen molar-refractivity contribution in [2.75, 3.05) is 37.7 Å². The molecule has 0 radical (unpaired) electrons. The summed E-state index contributed by atoms with van der Waals surface area (Å²) in [4.78, 5) is 10.7. The maximum atomic E-state index is 9.15. The van der Waals surface area contributed by atoms with Crippen molar-refractivity contribution >= 4 is 16.5 Å². The smallest absolute Gasteiger partial charge is 0.185 e. The van der Waals surface area contributed by atoms with Crippen LogP contribution in [0.5, 0.6) is 0 Å². The zero-order valence-corrected chi connectivity index (χ0v) is 12.8. The molecule has 0 aliphatic carbocycles. The maximum absolute atomic E-state index is 9.15. The SMILES string of the molecule is CCN(CC)c1ncc(CN2CCC(CO)CC2)s1. The van der Waals surface area contributed by atoms with Crippen molar-refractivity contribution in [2.45, 2.75) is 33.2 Å². The fourth-order valence-electron chi connectivity index (χ4n) is 2.56. The van der Waals surface area contributed by atoms with Crippen LogP contribution in [0.4, 0.5) is 5.13 Å². The molecule has 108 valence electrons. The summed E-state index contributed by atoms with van der Waals surface area (Å²) in [7, 11) is 0. The second kappa shape index (κ2) is 7.22. The molecule has 0 bridgehead atoms. The van der Waals surface area contributed by atoms with Gasteiger partial charge < -0.3 is 10.0 Å². The molecule has 1 N–H and O–H groups in total. The molecule has 5 heteroatoms. The molecule has 0 saturated carbocycles. The molecular formula is C14H25N3OS. The number of likely N-dealkylation sites (tertiary alicyclic amines) is 1. The number of aliphatic hydroxyl groups is 1. The third-order valence-corrected chi connectivity index (χ3v) is 4.96. The molecule has 0 atom stereocenters. The van der Waals surface area contributed by atoms with Gasteiger partial charge in [0.15, 0.2) is 5.13 Å². The summed E-state index contributed by atoms with van der Waals surface area (Å²) in [6, 6.07) is 0. The van der Waals surface area contributed by atoms with Gasteiger partial charge in [-0.15, -0.1) is 11.3 Å². The Labute approximate surface area is 120 Å². The number of aromatic nitrogens is 1. The quantitative estimate of drug-likeness (QED) is 0.869. The molecule has 4 nitrogen and oxygen atoms in total. The third-order valence-electron chi connectivity index (χ3n) is 3.92. The summed E-state index contributed by atoms with van der Waals surface area (Å²) >= 11 is 1.81. The number of nitrogens with zero attached hydrogens (tertiary/aromatic N) is 3. The van der Waals surface area contributed by atoms with Crippen molar-refractivity contribution in [1.82, 2.24) is 9.88 Å². The van der Waals surface area contributed by atoms with Crippen molar-refractivity contribution in [2.24, 2.45) is 5.92 Å². The van der Waals surface area contributed by atoms with E-state index in [0.29, 0.717) is 12.5 Å². The maximum Gasteiger partial charge on any atom is 0.185 e. The molecule has 0 amide bonds. The highest BCUT2D eigenvalue weighted by Crippen LogP contribution is 2.25. The van der Waals surface area contributed by atoms with Crippen molar-refractivity contribution < 1.29 is 5.11 Å². The average Bonchev–Trinajstić information content (AvgIpc) is 2.89. The lowest BCUT2D eigenvalue weighted by molar-refractivity contribution is 0.128. The Kier molecular flexibility index (Phi) is 5.60. The number of anilines is 1. The molecule has 1 fully saturated rings. The first kappa shape index (κ1) is 14.8. The molecule has 1 aliphatic heterocycles. The van der Waals surface area contributed by atoms with Gasteiger partial charge >= 0.3 is 0 Å². The van der Waals surface area contributed by atoms with Gasteiger partial charge in [-0.05, 0) is 45.7 Å². The second-order valence-corrected chi connectivity index (χ2v) is 6.28. The van der Waals surface area contributed by atoms with E-state index in [9.17, 15) is 0 Å². The summed E-state index contributed by atoms with van der Waals surface area (Å²) in [6.07, 6.45) is 4.27. The van der Waals surface area contributed by atoms with Crippen molar-refractivity contribution in [1.29, 1.82) is 0 Å². The molecule has 0 unspecified atom stereocenters.